The van der Waals surface area contributed by atoms with E-state index in [-0.39, 0.29) is 0 Å². The zero-order valence-electron chi connectivity index (χ0n) is 17.4. The van der Waals surface area contributed by atoms with Crippen LogP contribution in [0.15, 0.2) is 29.3 Å². The monoisotopic (exact) mass is 375 g/mol. The van der Waals surface area contributed by atoms with Gasteiger partial charge in [0.05, 0.1) is 7.11 Å². The van der Waals surface area contributed by atoms with Crippen molar-refractivity contribution < 1.29 is 9.47 Å². The molecule has 1 saturated carbocycles. The molecule has 0 heterocycles. The number of nitrogens with zero attached hydrogens (tertiary/aromatic N) is 1. The standard InChI is InChI=1S/C22H37N3O2/c1-4-23-21(25-18-22(13-7-14-22)15-17-26-2)24-16-6-5-8-19-9-11-20(27-3)12-10-19/h9-12H,4-8,13-18H2,1-3H3,(H2,23,24,25). The third-order valence-corrected chi connectivity index (χ3v) is 5.51. The molecule has 0 radical (unpaired) electrons. The molecule has 1 aromatic carbocycles. The second kappa shape index (κ2) is 11.9. The number of benzene rings is 1. The second-order valence-corrected chi connectivity index (χ2v) is 7.52. The van der Waals surface area contributed by atoms with E-state index in [1.54, 1.807) is 14.2 Å². The van der Waals surface area contributed by atoms with Crippen LogP contribution >= 0.6 is 0 Å². The van der Waals surface area contributed by atoms with Crippen LogP contribution in [0.1, 0.15) is 51.0 Å². The van der Waals surface area contributed by atoms with Crippen LogP contribution in [0.25, 0.3) is 0 Å². The van der Waals surface area contributed by atoms with Crippen molar-refractivity contribution in [2.24, 2.45) is 10.4 Å². The fraction of sp³-hybridized carbons (Fsp3) is 0.682. The maximum atomic E-state index is 5.28. The Hall–Kier alpha value is -1.75. The summed E-state index contributed by atoms with van der Waals surface area (Å²) in [4.78, 5) is 4.86. The van der Waals surface area contributed by atoms with Crippen molar-refractivity contribution in [3.63, 3.8) is 0 Å². The molecule has 0 unspecified atom stereocenters. The fourth-order valence-electron chi connectivity index (χ4n) is 3.52. The van der Waals surface area contributed by atoms with Gasteiger partial charge < -0.3 is 20.1 Å². The van der Waals surface area contributed by atoms with E-state index in [1.165, 1.54) is 24.8 Å². The van der Waals surface area contributed by atoms with E-state index in [0.717, 1.165) is 63.6 Å². The number of methoxy groups -OCH3 is 2. The van der Waals surface area contributed by atoms with Gasteiger partial charge in [-0.3, -0.25) is 4.99 Å². The van der Waals surface area contributed by atoms with E-state index in [1.807, 2.05) is 12.1 Å². The Morgan fingerprint density at radius 2 is 1.89 bits per heavy atom. The number of nitrogens with one attached hydrogen (secondary N) is 2. The molecule has 1 aliphatic carbocycles. The quantitative estimate of drug-likeness (QED) is 0.332. The van der Waals surface area contributed by atoms with E-state index < -0.39 is 0 Å². The molecule has 1 aliphatic rings. The summed E-state index contributed by atoms with van der Waals surface area (Å²) >= 11 is 0. The van der Waals surface area contributed by atoms with Gasteiger partial charge in [-0.15, -0.1) is 0 Å². The zero-order valence-corrected chi connectivity index (χ0v) is 17.4. The summed E-state index contributed by atoms with van der Waals surface area (Å²) in [6.07, 6.45) is 8.40. The van der Waals surface area contributed by atoms with Crippen LogP contribution in [-0.4, -0.2) is 46.4 Å². The number of unbranched alkanes of at least 4 members (excludes halogenated alkanes) is 1. The van der Waals surface area contributed by atoms with Crippen LogP contribution in [0.4, 0.5) is 0 Å². The molecule has 1 fully saturated rings. The highest BCUT2D eigenvalue weighted by molar-refractivity contribution is 5.79. The van der Waals surface area contributed by atoms with Gasteiger partial charge in [-0.25, -0.2) is 0 Å². The third kappa shape index (κ3) is 7.41. The van der Waals surface area contributed by atoms with Crippen molar-refractivity contribution in [2.45, 2.75) is 51.9 Å². The maximum absolute atomic E-state index is 5.28. The van der Waals surface area contributed by atoms with Crippen molar-refractivity contribution in [2.75, 3.05) is 40.5 Å². The minimum absolute atomic E-state index is 0.368. The number of hydrogen-bond acceptors (Lipinski definition) is 3. The molecular weight excluding hydrogens is 338 g/mol. The lowest BCUT2D eigenvalue weighted by atomic mass is 9.67. The van der Waals surface area contributed by atoms with Gasteiger partial charge in [0.25, 0.3) is 0 Å². The molecule has 27 heavy (non-hydrogen) atoms. The predicted molar refractivity (Wildman–Crippen MR) is 113 cm³/mol. The first-order valence-corrected chi connectivity index (χ1v) is 10.4. The average Bonchev–Trinajstić information content (AvgIpc) is 2.67. The van der Waals surface area contributed by atoms with Gasteiger partial charge in [-0.05, 0) is 68.6 Å². The molecule has 0 bridgehead atoms. The Morgan fingerprint density at radius 1 is 1.11 bits per heavy atom. The maximum Gasteiger partial charge on any atom is 0.191 e. The number of rotatable bonds is 12. The molecule has 0 aliphatic heterocycles. The van der Waals surface area contributed by atoms with Gasteiger partial charge in [-0.2, -0.15) is 0 Å². The van der Waals surface area contributed by atoms with Crippen LogP contribution in [-0.2, 0) is 11.2 Å². The normalized spacial score (nSPS) is 15.9. The highest BCUT2D eigenvalue weighted by Gasteiger charge is 2.36. The minimum atomic E-state index is 0.368. The number of aliphatic imine (C=N–C) groups is 1. The highest BCUT2D eigenvalue weighted by Crippen LogP contribution is 2.44. The first-order chi connectivity index (χ1) is 13.2. The zero-order chi connectivity index (χ0) is 19.4. The van der Waals surface area contributed by atoms with Gasteiger partial charge in [0.2, 0.25) is 0 Å². The third-order valence-electron chi connectivity index (χ3n) is 5.51. The Labute approximate surface area is 164 Å². The topological polar surface area (TPSA) is 54.9 Å². The predicted octanol–water partition coefficient (Wildman–Crippen LogP) is 3.78. The summed E-state index contributed by atoms with van der Waals surface area (Å²) in [5, 5.41) is 6.86. The molecule has 0 aromatic heterocycles. The second-order valence-electron chi connectivity index (χ2n) is 7.52. The summed E-state index contributed by atoms with van der Waals surface area (Å²) in [5.74, 6) is 1.87. The lowest BCUT2D eigenvalue weighted by Gasteiger charge is -2.40. The smallest absolute Gasteiger partial charge is 0.191 e. The first kappa shape index (κ1) is 21.5. The Morgan fingerprint density at radius 3 is 2.48 bits per heavy atom. The minimum Gasteiger partial charge on any atom is -0.497 e. The Balaban J connectivity index is 1.70. The van der Waals surface area contributed by atoms with E-state index in [2.05, 4.69) is 29.7 Å². The molecule has 152 valence electrons. The van der Waals surface area contributed by atoms with Gasteiger partial charge >= 0.3 is 0 Å². The number of ether oxygens (including phenoxy) is 2. The van der Waals surface area contributed by atoms with E-state index in [9.17, 15) is 0 Å². The molecule has 1 aromatic rings. The molecule has 0 amide bonds. The SMILES string of the molecule is CCNC(=NCC1(CCOC)CCC1)NCCCCc1ccc(OC)cc1. The summed E-state index contributed by atoms with van der Waals surface area (Å²) in [6, 6.07) is 8.36. The summed E-state index contributed by atoms with van der Waals surface area (Å²) < 4.78 is 10.5. The van der Waals surface area contributed by atoms with Crippen molar-refractivity contribution in [3.05, 3.63) is 29.8 Å². The molecule has 2 rings (SSSR count). The van der Waals surface area contributed by atoms with Gasteiger partial charge in [0.1, 0.15) is 5.75 Å². The molecule has 5 nitrogen and oxygen atoms in total. The van der Waals surface area contributed by atoms with Crippen LogP contribution < -0.4 is 15.4 Å². The Kier molecular flexibility index (Phi) is 9.46. The van der Waals surface area contributed by atoms with E-state index >= 15 is 0 Å². The number of aryl methyl sites for hydroxylation is 1. The van der Waals surface area contributed by atoms with Crippen LogP contribution in [0.3, 0.4) is 0 Å². The first-order valence-electron chi connectivity index (χ1n) is 10.4. The molecule has 5 heteroatoms. The number of hydrogen-bond donors (Lipinski definition) is 2. The molecule has 0 atom stereocenters. The molecule has 0 spiro atoms. The van der Waals surface area contributed by atoms with Crippen molar-refractivity contribution in [1.29, 1.82) is 0 Å². The summed E-state index contributed by atoms with van der Waals surface area (Å²) in [7, 11) is 3.49. The van der Waals surface area contributed by atoms with Crippen molar-refractivity contribution >= 4 is 5.96 Å². The van der Waals surface area contributed by atoms with Crippen molar-refractivity contribution in [1.82, 2.24) is 10.6 Å². The molecule has 2 N–H and O–H groups in total. The van der Waals surface area contributed by atoms with E-state index in [0.29, 0.717) is 5.41 Å². The molecule has 0 saturated heterocycles. The lowest BCUT2D eigenvalue weighted by Crippen LogP contribution is -2.40. The van der Waals surface area contributed by atoms with Crippen molar-refractivity contribution in [3.8, 4) is 5.75 Å². The summed E-state index contributed by atoms with van der Waals surface area (Å²) in [6.45, 7) is 5.70. The molecular formula is C22H37N3O2. The fourth-order valence-corrected chi connectivity index (χ4v) is 3.52. The van der Waals surface area contributed by atoms with E-state index in [4.69, 9.17) is 14.5 Å². The van der Waals surface area contributed by atoms with Gasteiger partial charge in [0, 0.05) is 33.4 Å². The summed E-state index contributed by atoms with van der Waals surface area (Å²) in [5.41, 5.74) is 1.73. The Bertz CT molecular complexity index is 553. The largest absolute Gasteiger partial charge is 0.497 e. The van der Waals surface area contributed by atoms with Gasteiger partial charge in [-0.1, -0.05) is 18.6 Å². The highest BCUT2D eigenvalue weighted by atomic mass is 16.5. The lowest BCUT2D eigenvalue weighted by molar-refractivity contribution is 0.0778. The van der Waals surface area contributed by atoms with Crippen LogP contribution in [0.5, 0.6) is 5.75 Å². The number of guanidine groups is 1. The average molecular weight is 376 g/mol. The van der Waals surface area contributed by atoms with Gasteiger partial charge in [0.15, 0.2) is 5.96 Å². The van der Waals surface area contributed by atoms with Crippen LogP contribution in [0, 0.1) is 5.41 Å². The van der Waals surface area contributed by atoms with Crippen LogP contribution in [0.2, 0.25) is 0 Å².